The summed E-state index contributed by atoms with van der Waals surface area (Å²) in [6.45, 7) is 3.72. The maximum Gasteiger partial charge on any atom is 0.238 e. The lowest BCUT2D eigenvalue weighted by Crippen LogP contribution is -2.11. The summed E-state index contributed by atoms with van der Waals surface area (Å²) in [5.41, 5.74) is 1.75. The SMILES string of the molecule is C=Cc1nc(C2CCCCC2)c(-c2ccc(S(N)(=O)=O)cc2)o1. The van der Waals surface area contributed by atoms with E-state index < -0.39 is 10.0 Å². The van der Waals surface area contributed by atoms with Crippen molar-refractivity contribution in [2.45, 2.75) is 42.9 Å². The van der Waals surface area contributed by atoms with E-state index in [1.54, 1.807) is 18.2 Å². The van der Waals surface area contributed by atoms with Crippen LogP contribution in [-0.4, -0.2) is 13.4 Å². The number of primary sulfonamides is 1. The lowest BCUT2D eigenvalue weighted by molar-refractivity contribution is 0.437. The maximum atomic E-state index is 11.4. The molecule has 0 saturated heterocycles. The molecule has 1 aliphatic carbocycles. The maximum absolute atomic E-state index is 11.4. The molecule has 0 spiro atoms. The molecule has 1 aromatic heterocycles. The quantitative estimate of drug-likeness (QED) is 0.925. The second kappa shape index (κ2) is 6.29. The summed E-state index contributed by atoms with van der Waals surface area (Å²) in [6.07, 6.45) is 7.46. The van der Waals surface area contributed by atoms with E-state index >= 15 is 0 Å². The Morgan fingerprint density at radius 3 is 2.39 bits per heavy atom. The highest BCUT2D eigenvalue weighted by atomic mass is 32.2. The van der Waals surface area contributed by atoms with Gasteiger partial charge in [-0.15, -0.1) is 0 Å². The van der Waals surface area contributed by atoms with E-state index in [2.05, 4.69) is 11.6 Å². The van der Waals surface area contributed by atoms with Crippen molar-refractivity contribution in [3.63, 3.8) is 0 Å². The molecule has 3 rings (SSSR count). The van der Waals surface area contributed by atoms with E-state index in [9.17, 15) is 8.42 Å². The molecule has 0 aliphatic heterocycles. The van der Waals surface area contributed by atoms with Crippen molar-refractivity contribution in [2.24, 2.45) is 5.14 Å². The summed E-state index contributed by atoms with van der Waals surface area (Å²) in [5.74, 6) is 1.58. The zero-order valence-electron chi connectivity index (χ0n) is 12.9. The zero-order valence-corrected chi connectivity index (χ0v) is 13.7. The van der Waals surface area contributed by atoms with Crippen molar-refractivity contribution in [1.29, 1.82) is 0 Å². The van der Waals surface area contributed by atoms with E-state index in [0.29, 0.717) is 17.6 Å². The van der Waals surface area contributed by atoms with Crippen molar-refractivity contribution >= 4 is 16.1 Å². The van der Waals surface area contributed by atoms with Crippen molar-refractivity contribution in [2.75, 3.05) is 0 Å². The minimum atomic E-state index is -3.69. The van der Waals surface area contributed by atoms with E-state index in [1.807, 2.05) is 0 Å². The molecular weight excluding hydrogens is 312 g/mol. The summed E-state index contributed by atoms with van der Waals surface area (Å²) in [7, 11) is -3.69. The number of hydrogen-bond acceptors (Lipinski definition) is 4. The number of sulfonamides is 1. The van der Waals surface area contributed by atoms with Crippen molar-refractivity contribution in [3.8, 4) is 11.3 Å². The molecule has 6 heteroatoms. The third-order valence-electron chi connectivity index (χ3n) is 4.28. The number of oxazole rings is 1. The van der Waals surface area contributed by atoms with Gasteiger partial charge in [-0.2, -0.15) is 0 Å². The molecule has 1 aliphatic rings. The first-order chi connectivity index (χ1) is 11.0. The van der Waals surface area contributed by atoms with Gasteiger partial charge in [-0.1, -0.05) is 25.8 Å². The van der Waals surface area contributed by atoms with Crippen LogP contribution < -0.4 is 5.14 Å². The van der Waals surface area contributed by atoms with Crippen LogP contribution in [0.2, 0.25) is 0 Å². The molecule has 0 amide bonds. The van der Waals surface area contributed by atoms with Gasteiger partial charge in [-0.25, -0.2) is 18.5 Å². The molecule has 1 fully saturated rings. The smallest absolute Gasteiger partial charge is 0.238 e. The van der Waals surface area contributed by atoms with Gasteiger partial charge in [0.1, 0.15) is 0 Å². The summed E-state index contributed by atoms with van der Waals surface area (Å²) in [6, 6.07) is 6.40. The average Bonchev–Trinajstić information content (AvgIpc) is 2.99. The van der Waals surface area contributed by atoms with Crippen molar-refractivity contribution in [1.82, 2.24) is 4.98 Å². The first-order valence-electron chi connectivity index (χ1n) is 7.75. The Morgan fingerprint density at radius 2 is 1.83 bits per heavy atom. The van der Waals surface area contributed by atoms with Gasteiger partial charge >= 0.3 is 0 Å². The number of nitrogens with two attached hydrogens (primary N) is 1. The molecule has 0 radical (unpaired) electrons. The highest BCUT2D eigenvalue weighted by Gasteiger charge is 2.24. The van der Waals surface area contributed by atoms with Gasteiger partial charge in [0, 0.05) is 11.5 Å². The highest BCUT2D eigenvalue weighted by Crippen LogP contribution is 2.38. The third kappa shape index (κ3) is 3.38. The average molecular weight is 332 g/mol. The van der Waals surface area contributed by atoms with Crippen molar-refractivity contribution in [3.05, 3.63) is 42.4 Å². The highest BCUT2D eigenvalue weighted by molar-refractivity contribution is 7.89. The lowest BCUT2D eigenvalue weighted by Gasteiger charge is -2.20. The van der Waals surface area contributed by atoms with Gasteiger partial charge in [0.25, 0.3) is 0 Å². The summed E-state index contributed by atoms with van der Waals surface area (Å²) in [5, 5.41) is 5.14. The van der Waals surface area contributed by atoms with Crippen molar-refractivity contribution < 1.29 is 12.8 Å². The van der Waals surface area contributed by atoms with Crippen LogP contribution in [0.3, 0.4) is 0 Å². The zero-order chi connectivity index (χ0) is 16.4. The molecule has 0 atom stereocenters. The molecule has 2 aromatic rings. The Bertz CT molecular complexity index is 801. The lowest BCUT2D eigenvalue weighted by atomic mass is 9.85. The second-order valence-electron chi connectivity index (χ2n) is 5.87. The standard InChI is InChI=1S/C17H20N2O3S/c1-2-15-19-16(12-6-4-3-5-7-12)17(22-15)13-8-10-14(11-9-13)23(18,20)21/h2,8-12H,1,3-7H2,(H2,18,20,21). The number of hydrogen-bond donors (Lipinski definition) is 1. The summed E-state index contributed by atoms with van der Waals surface area (Å²) >= 11 is 0. The number of aromatic nitrogens is 1. The molecule has 1 aromatic carbocycles. The van der Waals surface area contributed by atoms with Gasteiger partial charge in [-0.05, 0) is 43.2 Å². The Kier molecular flexibility index (Phi) is 4.37. The van der Waals surface area contributed by atoms with Gasteiger partial charge in [-0.3, -0.25) is 0 Å². The normalized spacial score (nSPS) is 16.4. The van der Waals surface area contributed by atoms with Gasteiger partial charge < -0.3 is 4.42 Å². The fourth-order valence-corrected chi connectivity index (χ4v) is 3.61. The van der Waals surface area contributed by atoms with Gasteiger partial charge in [0.15, 0.2) is 5.76 Å². The summed E-state index contributed by atoms with van der Waals surface area (Å²) < 4.78 is 28.6. The number of rotatable bonds is 4. The molecule has 1 saturated carbocycles. The van der Waals surface area contributed by atoms with Gasteiger partial charge in [0.2, 0.25) is 15.9 Å². The molecule has 23 heavy (non-hydrogen) atoms. The van der Waals surface area contributed by atoms with Crippen LogP contribution in [0.25, 0.3) is 17.4 Å². The molecule has 2 N–H and O–H groups in total. The van der Waals surface area contributed by atoms with Crippen LogP contribution >= 0.6 is 0 Å². The topological polar surface area (TPSA) is 86.2 Å². The summed E-state index contributed by atoms with van der Waals surface area (Å²) in [4.78, 5) is 4.66. The van der Waals surface area contributed by atoms with Crippen LogP contribution in [0.1, 0.15) is 49.6 Å². The Morgan fingerprint density at radius 1 is 1.17 bits per heavy atom. The van der Waals surface area contributed by atoms with E-state index in [-0.39, 0.29) is 4.90 Å². The Balaban J connectivity index is 2.01. The molecule has 0 unspecified atom stereocenters. The van der Waals surface area contributed by atoms with Crippen LogP contribution in [0.5, 0.6) is 0 Å². The first kappa shape index (κ1) is 16.0. The Labute approximate surface area is 136 Å². The Hall–Kier alpha value is -1.92. The van der Waals surface area contributed by atoms with Gasteiger partial charge in [0.05, 0.1) is 10.6 Å². The van der Waals surface area contributed by atoms with E-state index in [4.69, 9.17) is 9.56 Å². The molecule has 1 heterocycles. The largest absolute Gasteiger partial charge is 0.436 e. The first-order valence-corrected chi connectivity index (χ1v) is 9.30. The molecule has 0 bridgehead atoms. The minimum Gasteiger partial charge on any atom is -0.436 e. The minimum absolute atomic E-state index is 0.0870. The van der Waals surface area contributed by atoms with Crippen LogP contribution in [-0.2, 0) is 10.0 Å². The van der Waals surface area contributed by atoms with Crippen LogP contribution in [0, 0.1) is 0 Å². The fraction of sp³-hybridized carbons (Fsp3) is 0.353. The molecular formula is C17H20N2O3S. The fourth-order valence-electron chi connectivity index (χ4n) is 3.09. The number of nitrogens with zero attached hydrogens (tertiary/aromatic N) is 1. The monoisotopic (exact) mass is 332 g/mol. The molecule has 122 valence electrons. The van der Waals surface area contributed by atoms with Crippen LogP contribution in [0.15, 0.2) is 40.2 Å². The molecule has 5 nitrogen and oxygen atoms in total. The van der Waals surface area contributed by atoms with E-state index in [1.165, 1.54) is 31.4 Å². The number of benzene rings is 1. The van der Waals surface area contributed by atoms with E-state index in [0.717, 1.165) is 24.1 Å². The predicted molar refractivity (Wildman–Crippen MR) is 89.2 cm³/mol. The third-order valence-corrected chi connectivity index (χ3v) is 5.21. The predicted octanol–water partition coefficient (Wildman–Crippen LogP) is 3.68. The second-order valence-corrected chi connectivity index (χ2v) is 7.44. The van der Waals surface area contributed by atoms with Crippen LogP contribution in [0.4, 0.5) is 0 Å².